The number of aliphatic carboxylic acids is 1. The van der Waals surface area contributed by atoms with Crippen LogP contribution < -0.4 is 10.1 Å². The predicted octanol–water partition coefficient (Wildman–Crippen LogP) is 4.12. The zero-order valence-corrected chi connectivity index (χ0v) is 20.7. The first-order valence-electron chi connectivity index (χ1n) is 10.9. The van der Waals surface area contributed by atoms with E-state index in [0.717, 1.165) is 21.9 Å². The van der Waals surface area contributed by atoms with Gasteiger partial charge in [-0.3, -0.25) is 9.78 Å². The molecule has 180 valence electrons. The van der Waals surface area contributed by atoms with Crippen molar-refractivity contribution in [3.05, 3.63) is 63.1 Å². The third-order valence-electron chi connectivity index (χ3n) is 5.06. The Labute approximate surface area is 202 Å². The Hall–Kier alpha value is -3.30. The van der Waals surface area contributed by atoms with E-state index in [9.17, 15) is 9.59 Å². The lowest BCUT2D eigenvalue weighted by molar-refractivity contribution is -0.153. The standard InChI is InChI=1S/C18H23N3O4S.C7H6O/c1-10(2)25-14(18(23)24)7-8-19-16(22)15-12(4)26-17(21-15)13-6-5-11(3)9-20-13;1-8-7-4-5-2-3-6(5)7/h5-6,9-10,14H,7-8H2,1-4H3,(H,19,22)(H,23,24);2-4H,1H3. The number of carbonyl (C=O) groups excluding carboxylic acids is 1. The summed E-state index contributed by atoms with van der Waals surface area (Å²) in [5.74, 6) is -0.334. The van der Waals surface area contributed by atoms with Crippen molar-refractivity contribution in [3.63, 3.8) is 0 Å². The molecule has 0 fully saturated rings. The second-order valence-corrected chi connectivity index (χ2v) is 9.32. The van der Waals surface area contributed by atoms with Gasteiger partial charge in [0.2, 0.25) is 0 Å². The number of rotatable bonds is 9. The first-order valence-corrected chi connectivity index (χ1v) is 11.8. The van der Waals surface area contributed by atoms with Crippen LogP contribution in [-0.4, -0.2) is 52.8 Å². The molecule has 2 heterocycles. The van der Waals surface area contributed by atoms with Gasteiger partial charge in [-0.15, -0.1) is 11.3 Å². The van der Waals surface area contributed by atoms with Crippen molar-refractivity contribution in [2.75, 3.05) is 13.7 Å². The van der Waals surface area contributed by atoms with Gasteiger partial charge in [0.15, 0.2) is 6.10 Å². The molecule has 2 aliphatic carbocycles. The highest BCUT2D eigenvalue weighted by atomic mass is 32.1. The second kappa shape index (κ2) is 11.2. The maximum Gasteiger partial charge on any atom is 0.332 e. The third kappa shape index (κ3) is 6.18. The van der Waals surface area contributed by atoms with Crippen LogP contribution in [0.3, 0.4) is 0 Å². The van der Waals surface area contributed by atoms with E-state index in [-0.39, 0.29) is 25.0 Å². The highest BCUT2D eigenvalue weighted by Crippen LogP contribution is 2.26. The molecule has 34 heavy (non-hydrogen) atoms. The summed E-state index contributed by atoms with van der Waals surface area (Å²) >= 11 is 1.40. The van der Waals surface area contributed by atoms with Gasteiger partial charge in [0.1, 0.15) is 16.5 Å². The molecule has 2 aromatic heterocycles. The number of nitrogens with one attached hydrogen (secondary N) is 1. The monoisotopic (exact) mass is 483 g/mol. The largest absolute Gasteiger partial charge is 0.496 e. The molecule has 1 amide bonds. The van der Waals surface area contributed by atoms with E-state index in [1.54, 1.807) is 27.2 Å². The molecule has 8 nitrogen and oxygen atoms in total. The van der Waals surface area contributed by atoms with Crippen LogP contribution in [0.2, 0.25) is 0 Å². The average molecular weight is 484 g/mol. The van der Waals surface area contributed by atoms with E-state index < -0.39 is 12.1 Å². The molecule has 0 radical (unpaired) electrons. The van der Waals surface area contributed by atoms with Crippen molar-refractivity contribution >= 4 is 23.2 Å². The molecule has 0 aromatic carbocycles. The van der Waals surface area contributed by atoms with Crippen LogP contribution in [0.15, 0.2) is 36.5 Å². The number of ether oxygens (including phenoxy) is 2. The van der Waals surface area contributed by atoms with E-state index in [1.165, 1.54) is 21.8 Å². The molecule has 0 bridgehead atoms. The topological polar surface area (TPSA) is 111 Å². The fourth-order valence-electron chi connectivity index (χ4n) is 3.21. The van der Waals surface area contributed by atoms with Crippen molar-refractivity contribution in [2.24, 2.45) is 0 Å². The lowest BCUT2D eigenvalue weighted by Crippen LogP contribution is -2.33. The van der Waals surface area contributed by atoms with E-state index >= 15 is 0 Å². The van der Waals surface area contributed by atoms with Crippen LogP contribution in [0.5, 0.6) is 5.75 Å². The third-order valence-corrected chi connectivity index (χ3v) is 6.05. The maximum absolute atomic E-state index is 12.4. The van der Waals surface area contributed by atoms with E-state index in [0.29, 0.717) is 10.7 Å². The molecule has 2 N–H and O–H groups in total. The number of carboxylic acid groups (broad SMARTS) is 1. The van der Waals surface area contributed by atoms with Gasteiger partial charge in [-0.25, -0.2) is 9.78 Å². The number of amides is 1. The number of carbonyl (C=O) groups is 2. The Balaban J connectivity index is 0.000000335. The summed E-state index contributed by atoms with van der Waals surface area (Å²) in [7, 11) is 1.70. The fraction of sp³-hybridized carbons (Fsp3) is 0.360. The molecule has 0 saturated heterocycles. The maximum atomic E-state index is 12.4. The summed E-state index contributed by atoms with van der Waals surface area (Å²) in [6, 6.07) is 10.00. The van der Waals surface area contributed by atoms with Crippen molar-refractivity contribution in [1.29, 1.82) is 0 Å². The van der Waals surface area contributed by atoms with Crippen LogP contribution in [0.25, 0.3) is 10.7 Å². The Morgan fingerprint density at radius 1 is 1.18 bits per heavy atom. The van der Waals surface area contributed by atoms with Crippen LogP contribution in [-0.2, 0) is 9.53 Å². The first kappa shape index (κ1) is 25.3. The number of methoxy groups -OCH3 is 1. The Kier molecular flexibility index (Phi) is 8.36. The number of thiazole rings is 1. The minimum atomic E-state index is -1.04. The molecule has 0 aliphatic heterocycles. The number of benzene rings is 1. The summed E-state index contributed by atoms with van der Waals surface area (Å²) in [5.41, 5.74) is 2.11. The van der Waals surface area contributed by atoms with Crippen LogP contribution in [0, 0.1) is 24.3 Å². The number of hydrogen-bond acceptors (Lipinski definition) is 7. The summed E-state index contributed by atoms with van der Waals surface area (Å²) in [5, 5.41) is 15.2. The van der Waals surface area contributed by atoms with Gasteiger partial charge in [-0.05, 0) is 50.6 Å². The van der Waals surface area contributed by atoms with Gasteiger partial charge in [0.05, 0.1) is 18.9 Å². The van der Waals surface area contributed by atoms with Crippen molar-refractivity contribution in [2.45, 2.75) is 46.3 Å². The van der Waals surface area contributed by atoms with Crippen LogP contribution >= 0.6 is 11.3 Å². The molecular formula is C25H29N3O5S. The summed E-state index contributed by atoms with van der Waals surface area (Å²) < 4.78 is 10.3. The second-order valence-electron chi connectivity index (χ2n) is 8.12. The lowest BCUT2D eigenvalue weighted by atomic mass is 10.1. The van der Waals surface area contributed by atoms with Crippen molar-refractivity contribution in [3.8, 4) is 16.5 Å². The SMILES string of the molecule is COc1cc2ccc1=2.Cc1ccc(-c2nc(C(=O)NCCC(OC(C)C)C(=O)O)c(C)s2)nc1. The van der Waals surface area contributed by atoms with Crippen LogP contribution in [0.1, 0.15) is 41.2 Å². The summed E-state index contributed by atoms with van der Waals surface area (Å²) in [4.78, 5) is 33.0. The van der Waals surface area contributed by atoms with Gasteiger partial charge in [-0.2, -0.15) is 0 Å². The molecule has 0 saturated carbocycles. The van der Waals surface area contributed by atoms with Crippen LogP contribution in [0.4, 0.5) is 0 Å². The highest BCUT2D eigenvalue weighted by molar-refractivity contribution is 7.15. The number of pyridine rings is 1. The Morgan fingerprint density at radius 3 is 2.41 bits per heavy atom. The number of nitrogens with zero attached hydrogens (tertiary/aromatic N) is 2. The van der Waals surface area contributed by atoms with Gasteiger partial charge in [0.25, 0.3) is 5.91 Å². The van der Waals surface area contributed by atoms with Gasteiger partial charge in [0, 0.05) is 29.3 Å². The molecule has 2 aliphatic rings. The molecule has 1 atom stereocenters. The molecule has 9 heteroatoms. The van der Waals surface area contributed by atoms with E-state index in [2.05, 4.69) is 27.4 Å². The Bertz CT molecular complexity index is 1250. The summed E-state index contributed by atoms with van der Waals surface area (Å²) in [6.45, 7) is 7.52. The van der Waals surface area contributed by atoms with Gasteiger partial charge in [-0.1, -0.05) is 18.2 Å². The molecule has 0 spiro atoms. The van der Waals surface area contributed by atoms with Gasteiger partial charge >= 0.3 is 5.97 Å². The number of carboxylic acids is 1. The summed E-state index contributed by atoms with van der Waals surface area (Å²) in [6.07, 6.45) is 0.804. The fourth-order valence-corrected chi connectivity index (χ4v) is 4.10. The molecule has 2 aromatic rings. The average Bonchev–Trinajstić information content (AvgIpc) is 3.17. The predicted molar refractivity (Wildman–Crippen MR) is 130 cm³/mol. The molecule has 1 unspecified atom stereocenters. The molecule has 4 rings (SSSR count). The minimum Gasteiger partial charge on any atom is -0.496 e. The first-order chi connectivity index (χ1) is 16.2. The number of hydrogen-bond donors (Lipinski definition) is 2. The van der Waals surface area contributed by atoms with Crippen molar-refractivity contribution in [1.82, 2.24) is 15.3 Å². The Morgan fingerprint density at radius 2 is 1.94 bits per heavy atom. The van der Waals surface area contributed by atoms with E-state index in [4.69, 9.17) is 14.6 Å². The number of aryl methyl sites for hydroxylation is 2. The quantitative estimate of drug-likeness (QED) is 0.368. The number of aromatic nitrogens is 2. The zero-order valence-electron chi connectivity index (χ0n) is 19.9. The van der Waals surface area contributed by atoms with E-state index in [1.807, 2.05) is 32.0 Å². The normalized spacial score (nSPS) is 11.9. The zero-order chi connectivity index (χ0) is 24.8. The smallest absolute Gasteiger partial charge is 0.332 e. The van der Waals surface area contributed by atoms with Crippen molar-refractivity contribution < 1.29 is 24.2 Å². The minimum absolute atomic E-state index is 0.189. The highest BCUT2D eigenvalue weighted by Gasteiger charge is 2.21. The lowest BCUT2D eigenvalue weighted by Gasteiger charge is -2.16. The van der Waals surface area contributed by atoms with Gasteiger partial charge < -0.3 is 19.9 Å². The molecular weight excluding hydrogens is 454 g/mol.